The molecule has 1 aliphatic carbocycles. The van der Waals surface area contributed by atoms with Crippen LogP contribution in [0.1, 0.15) is 32.6 Å². The summed E-state index contributed by atoms with van der Waals surface area (Å²) in [6.07, 6.45) is 3.74. The van der Waals surface area contributed by atoms with E-state index in [1.165, 1.54) is 6.07 Å². The SMILES string of the molecule is CC1CCC(NS(=O)(=O)c2ccc(F)c(Cl)c2)CC1. The summed E-state index contributed by atoms with van der Waals surface area (Å²) in [5, 5.41) is -0.180. The summed E-state index contributed by atoms with van der Waals surface area (Å²) in [6, 6.07) is 3.41. The number of rotatable bonds is 3. The van der Waals surface area contributed by atoms with Crippen molar-refractivity contribution >= 4 is 21.6 Å². The third kappa shape index (κ3) is 3.68. The van der Waals surface area contributed by atoms with Crippen LogP contribution in [-0.4, -0.2) is 14.5 Å². The molecule has 1 aromatic rings. The number of nitrogens with one attached hydrogen (secondary N) is 1. The Kier molecular flexibility index (Phi) is 4.48. The fourth-order valence-corrected chi connectivity index (χ4v) is 3.89. The Morgan fingerprint density at radius 2 is 1.89 bits per heavy atom. The van der Waals surface area contributed by atoms with E-state index in [9.17, 15) is 12.8 Å². The topological polar surface area (TPSA) is 46.2 Å². The molecule has 0 radical (unpaired) electrons. The van der Waals surface area contributed by atoms with Crippen molar-refractivity contribution in [2.24, 2.45) is 5.92 Å². The van der Waals surface area contributed by atoms with Gasteiger partial charge in [0, 0.05) is 6.04 Å². The highest BCUT2D eigenvalue weighted by Crippen LogP contribution is 2.25. The van der Waals surface area contributed by atoms with Gasteiger partial charge in [-0.25, -0.2) is 17.5 Å². The molecule has 106 valence electrons. The molecule has 1 aromatic carbocycles. The van der Waals surface area contributed by atoms with Crippen molar-refractivity contribution in [3.05, 3.63) is 29.0 Å². The van der Waals surface area contributed by atoms with E-state index in [2.05, 4.69) is 11.6 Å². The summed E-state index contributed by atoms with van der Waals surface area (Å²) < 4.78 is 40.0. The second-order valence-electron chi connectivity index (χ2n) is 5.15. The van der Waals surface area contributed by atoms with Crippen molar-refractivity contribution in [1.82, 2.24) is 4.72 Å². The molecule has 0 heterocycles. The maximum Gasteiger partial charge on any atom is 0.240 e. The molecule has 6 heteroatoms. The Morgan fingerprint density at radius 1 is 1.26 bits per heavy atom. The molecule has 3 nitrogen and oxygen atoms in total. The van der Waals surface area contributed by atoms with Gasteiger partial charge in [0.15, 0.2) is 0 Å². The monoisotopic (exact) mass is 305 g/mol. The number of benzene rings is 1. The van der Waals surface area contributed by atoms with Crippen LogP contribution in [0.2, 0.25) is 5.02 Å². The third-order valence-electron chi connectivity index (χ3n) is 3.54. The van der Waals surface area contributed by atoms with Crippen LogP contribution in [0.3, 0.4) is 0 Å². The molecule has 0 atom stereocenters. The second-order valence-corrected chi connectivity index (χ2v) is 7.28. The van der Waals surface area contributed by atoms with E-state index in [4.69, 9.17) is 11.6 Å². The minimum Gasteiger partial charge on any atom is -0.208 e. The molecule has 0 bridgehead atoms. The van der Waals surface area contributed by atoms with E-state index in [1.807, 2.05) is 0 Å². The van der Waals surface area contributed by atoms with Crippen LogP contribution in [0.25, 0.3) is 0 Å². The first-order valence-electron chi connectivity index (χ1n) is 6.36. The average molecular weight is 306 g/mol. The molecule has 0 unspecified atom stereocenters. The molecular weight excluding hydrogens is 289 g/mol. The van der Waals surface area contributed by atoms with Gasteiger partial charge in [-0.05, 0) is 49.8 Å². The van der Waals surface area contributed by atoms with Crippen LogP contribution in [0.4, 0.5) is 4.39 Å². The summed E-state index contributed by atoms with van der Waals surface area (Å²) in [5.74, 6) is 0.0353. The number of hydrogen-bond acceptors (Lipinski definition) is 2. The van der Waals surface area contributed by atoms with Crippen LogP contribution < -0.4 is 4.72 Å². The van der Waals surface area contributed by atoms with Gasteiger partial charge in [-0.1, -0.05) is 18.5 Å². The van der Waals surface area contributed by atoms with Gasteiger partial charge in [-0.15, -0.1) is 0 Å². The van der Waals surface area contributed by atoms with Crippen LogP contribution in [-0.2, 0) is 10.0 Å². The molecule has 0 saturated heterocycles. The third-order valence-corrected chi connectivity index (χ3v) is 5.35. The number of halogens is 2. The summed E-state index contributed by atoms with van der Waals surface area (Å²) in [5.41, 5.74) is 0. The van der Waals surface area contributed by atoms with E-state index < -0.39 is 15.8 Å². The van der Waals surface area contributed by atoms with Crippen molar-refractivity contribution in [3.8, 4) is 0 Å². The van der Waals surface area contributed by atoms with Gasteiger partial charge in [0.2, 0.25) is 10.0 Å². The average Bonchev–Trinajstić information content (AvgIpc) is 2.35. The van der Waals surface area contributed by atoms with Crippen LogP contribution in [0.5, 0.6) is 0 Å². The Bertz CT molecular complexity index is 554. The first-order valence-corrected chi connectivity index (χ1v) is 8.22. The number of hydrogen-bond donors (Lipinski definition) is 1. The fraction of sp³-hybridized carbons (Fsp3) is 0.538. The first kappa shape index (κ1) is 14.8. The molecule has 0 aromatic heterocycles. The van der Waals surface area contributed by atoms with Crippen molar-refractivity contribution in [3.63, 3.8) is 0 Å². The minimum absolute atomic E-state index is 0.0116. The van der Waals surface area contributed by atoms with Crippen molar-refractivity contribution in [2.45, 2.75) is 43.5 Å². The van der Waals surface area contributed by atoms with E-state index in [0.29, 0.717) is 5.92 Å². The summed E-state index contributed by atoms with van der Waals surface area (Å²) in [7, 11) is -3.62. The zero-order chi connectivity index (χ0) is 14.0. The molecule has 2 rings (SSSR count). The van der Waals surface area contributed by atoms with Crippen molar-refractivity contribution in [1.29, 1.82) is 0 Å². The lowest BCUT2D eigenvalue weighted by atomic mass is 9.88. The van der Waals surface area contributed by atoms with Gasteiger partial charge in [0.1, 0.15) is 5.82 Å². The zero-order valence-electron chi connectivity index (χ0n) is 10.7. The van der Waals surface area contributed by atoms with E-state index in [0.717, 1.165) is 37.8 Å². The minimum atomic E-state index is -3.62. The molecule has 19 heavy (non-hydrogen) atoms. The fourth-order valence-electron chi connectivity index (χ4n) is 2.31. The molecule has 0 aliphatic heterocycles. The molecule has 0 amide bonds. The van der Waals surface area contributed by atoms with E-state index in [-0.39, 0.29) is 16.0 Å². The highest BCUT2D eigenvalue weighted by atomic mass is 35.5. The van der Waals surface area contributed by atoms with E-state index >= 15 is 0 Å². The lowest BCUT2D eigenvalue weighted by molar-refractivity contribution is 0.332. The first-order chi connectivity index (χ1) is 8.88. The maximum absolute atomic E-state index is 13.0. The maximum atomic E-state index is 13.0. The van der Waals surface area contributed by atoms with E-state index in [1.54, 1.807) is 0 Å². The largest absolute Gasteiger partial charge is 0.240 e. The number of sulfonamides is 1. The van der Waals surface area contributed by atoms with Gasteiger partial charge in [-0.2, -0.15) is 0 Å². The molecular formula is C13H17ClFNO2S. The highest BCUT2D eigenvalue weighted by Gasteiger charge is 2.24. The van der Waals surface area contributed by atoms with Gasteiger partial charge in [0.05, 0.1) is 9.92 Å². The Balaban J connectivity index is 2.11. The molecule has 1 N–H and O–H groups in total. The van der Waals surface area contributed by atoms with Gasteiger partial charge in [0.25, 0.3) is 0 Å². The molecule has 1 saturated carbocycles. The normalized spacial score (nSPS) is 24.4. The molecule has 1 fully saturated rings. The van der Waals surface area contributed by atoms with Gasteiger partial charge >= 0.3 is 0 Å². The zero-order valence-corrected chi connectivity index (χ0v) is 12.3. The Morgan fingerprint density at radius 3 is 2.47 bits per heavy atom. The standard InChI is InChI=1S/C13H17ClFNO2S/c1-9-2-4-10(5-3-9)16-19(17,18)11-6-7-13(15)12(14)8-11/h6-10,16H,2-5H2,1H3. The van der Waals surface area contributed by atoms with Crippen LogP contribution >= 0.6 is 11.6 Å². The van der Waals surface area contributed by atoms with Crippen LogP contribution in [0, 0.1) is 11.7 Å². The highest BCUT2D eigenvalue weighted by molar-refractivity contribution is 7.89. The smallest absolute Gasteiger partial charge is 0.208 e. The predicted molar refractivity (Wildman–Crippen MR) is 73.2 cm³/mol. The summed E-state index contributed by atoms with van der Waals surface area (Å²) >= 11 is 5.61. The summed E-state index contributed by atoms with van der Waals surface area (Å²) in [6.45, 7) is 2.17. The molecule has 1 aliphatic rings. The van der Waals surface area contributed by atoms with Crippen molar-refractivity contribution < 1.29 is 12.8 Å². The molecule has 0 spiro atoms. The quantitative estimate of drug-likeness (QED) is 0.931. The van der Waals surface area contributed by atoms with Gasteiger partial charge < -0.3 is 0 Å². The van der Waals surface area contributed by atoms with Gasteiger partial charge in [-0.3, -0.25) is 0 Å². The Hall–Kier alpha value is -0.650. The van der Waals surface area contributed by atoms with Crippen LogP contribution in [0.15, 0.2) is 23.1 Å². The van der Waals surface area contributed by atoms with Crippen molar-refractivity contribution in [2.75, 3.05) is 0 Å². The summed E-state index contributed by atoms with van der Waals surface area (Å²) in [4.78, 5) is 0.0116. The Labute approximate surface area is 118 Å². The lowest BCUT2D eigenvalue weighted by Gasteiger charge is -2.26. The second kappa shape index (κ2) is 5.77. The lowest BCUT2D eigenvalue weighted by Crippen LogP contribution is -2.37. The predicted octanol–water partition coefficient (Wildman–Crippen LogP) is 3.34.